The van der Waals surface area contributed by atoms with E-state index < -0.39 is 0 Å². The molecule has 0 N–H and O–H groups in total. The lowest BCUT2D eigenvalue weighted by Crippen LogP contribution is -2.66. The number of aromatic nitrogens is 1. The molecule has 0 radical (unpaired) electrons. The lowest BCUT2D eigenvalue weighted by Gasteiger charge is -2.50. The van der Waals surface area contributed by atoms with Crippen molar-refractivity contribution in [3.63, 3.8) is 0 Å². The summed E-state index contributed by atoms with van der Waals surface area (Å²) in [6.07, 6.45) is 6.58. The summed E-state index contributed by atoms with van der Waals surface area (Å²) in [5.74, 6) is 2.49. The Hall–Kier alpha value is -1.62. The minimum atomic E-state index is -0.105. The molecule has 3 heterocycles. The van der Waals surface area contributed by atoms with Crippen molar-refractivity contribution in [1.82, 2.24) is 9.88 Å². The average molecular weight is 316 g/mol. The topological polar surface area (TPSA) is 51.7 Å². The van der Waals surface area contributed by atoms with Crippen LogP contribution in [-0.4, -0.2) is 47.7 Å². The molecular weight excluding hydrogens is 292 g/mol. The van der Waals surface area contributed by atoms with Crippen LogP contribution in [-0.2, 0) is 9.53 Å². The monoisotopic (exact) mass is 316 g/mol. The van der Waals surface area contributed by atoms with E-state index in [0.29, 0.717) is 24.3 Å². The van der Waals surface area contributed by atoms with Crippen LogP contribution >= 0.6 is 0 Å². The number of likely N-dealkylation sites (tertiary alicyclic amines) is 1. The molecule has 3 aliphatic rings. The number of ether oxygens (including phenoxy) is 2. The first-order valence-electron chi connectivity index (χ1n) is 8.63. The van der Waals surface area contributed by atoms with Crippen LogP contribution in [0.2, 0.25) is 0 Å². The Labute approximate surface area is 137 Å². The van der Waals surface area contributed by atoms with Gasteiger partial charge in [-0.15, -0.1) is 0 Å². The quantitative estimate of drug-likeness (QED) is 0.835. The third kappa shape index (κ3) is 2.82. The maximum Gasteiger partial charge on any atom is 0.226 e. The fourth-order valence-corrected chi connectivity index (χ4v) is 3.95. The highest BCUT2D eigenvalue weighted by atomic mass is 16.5. The summed E-state index contributed by atoms with van der Waals surface area (Å²) in [6.45, 7) is 5.18. The summed E-state index contributed by atoms with van der Waals surface area (Å²) in [5, 5.41) is 0. The van der Waals surface area contributed by atoms with Gasteiger partial charge in [0, 0.05) is 18.7 Å². The van der Waals surface area contributed by atoms with E-state index in [1.807, 2.05) is 17.0 Å². The highest BCUT2D eigenvalue weighted by Crippen LogP contribution is 2.45. The van der Waals surface area contributed by atoms with E-state index in [1.54, 1.807) is 12.4 Å². The van der Waals surface area contributed by atoms with E-state index in [2.05, 4.69) is 11.9 Å². The Morgan fingerprint density at radius 1 is 1.52 bits per heavy atom. The van der Waals surface area contributed by atoms with E-state index in [0.717, 1.165) is 44.7 Å². The lowest BCUT2D eigenvalue weighted by atomic mass is 9.79. The van der Waals surface area contributed by atoms with Gasteiger partial charge < -0.3 is 14.4 Å². The molecule has 23 heavy (non-hydrogen) atoms. The first-order valence-corrected chi connectivity index (χ1v) is 8.63. The Morgan fingerprint density at radius 2 is 2.35 bits per heavy atom. The number of carbonyl (C=O) groups excluding carboxylic acids is 1. The van der Waals surface area contributed by atoms with Gasteiger partial charge in [0.1, 0.15) is 11.4 Å². The molecule has 5 nitrogen and oxygen atoms in total. The number of pyridine rings is 1. The predicted octanol–water partition coefficient (Wildman–Crippen LogP) is 2.12. The third-order valence-electron chi connectivity index (χ3n) is 5.62. The fraction of sp³-hybridized carbons (Fsp3) is 0.667. The Kier molecular flexibility index (Phi) is 3.76. The van der Waals surface area contributed by atoms with E-state index in [1.165, 1.54) is 0 Å². The molecular formula is C18H24N2O3. The highest BCUT2D eigenvalue weighted by Gasteiger charge is 2.56. The van der Waals surface area contributed by atoms with Crippen molar-refractivity contribution in [2.75, 3.05) is 26.3 Å². The number of hydrogen-bond donors (Lipinski definition) is 0. The molecule has 3 atom stereocenters. The maximum absolute atomic E-state index is 12.3. The molecule has 1 aromatic heterocycles. The van der Waals surface area contributed by atoms with Crippen LogP contribution in [0.3, 0.4) is 0 Å². The minimum Gasteiger partial charge on any atom is -0.492 e. The number of rotatable bonds is 5. The van der Waals surface area contributed by atoms with Crippen LogP contribution in [0.25, 0.3) is 0 Å². The summed E-state index contributed by atoms with van der Waals surface area (Å²) < 4.78 is 11.8. The van der Waals surface area contributed by atoms with Gasteiger partial charge in [0.05, 0.1) is 25.9 Å². The minimum absolute atomic E-state index is 0.105. The van der Waals surface area contributed by atoms with Gasteiger partial charge in [0.25, 0.3) is 0 Å². The number of nitrogens with zero attached hydrogens (tertiary/aromatic N) is 2. The molecule has 2 aliphatic heterocycles. The molecule has 2 saturated heterocycles. The van der Waals surface area contributed by atoms with Crippen molar-refractivity contribution in [2.24, 2.45) is 17.8 Å². The third-order valence-corrected chi connectivity index (χ3v) is 5.62. The summed E-state index contributed by atoms with van der Waals surface area (Å²) in [5.41, 5.74) is -0.105. The summed E-state index contributed by atoms with van der Waals surface area (Å²) in [6, 6.07) is 3.80. The summed E-state index contributed by atoms with van der Waals surface area (Å²) in [4.78, 5) is 18.3. The highest BCUT2D eigenvalue weighted by molar-refractivity contribution is 5.82. The number of hydrogen-bond acceptors (Lipinski definition) is 4. The zero-order valence-electron chi connectivity index (χ0n) is 13.6. The largest absolute Gasteiger partial charge is 0.492 e. The van der Waals surface area contributed by atoms with E-state index in [-0.39, 0.29) is 11.5 Å². The van der Waals surface area contributed by atoms with E-state index >= 15 is 0 Å². The van der Waals surface area contributed by atoms with Gasteiger partial charge in [-0.1, -0.05) is 6.92 Å². The van der Waals surface area contributed by atoms with Gasteiger partial charge in [-0.3, -0.25) is 9.78 Å². The average Bonchev–Trinajstić information content (AvgIpc) is 3.10. The second-order valence-electron chi connectivity index (χ2n) is 7.24. The Morgan fingerprint density at radius 3 is 3.04 bits per heavy atom. The molecule has 4 rings (SSSR count). The molecule has 124 valence electrons. The van der Waals surface area contributed by atoms with Crippen LogP contribution in [0.15, 0.2) is 24.5 Å². The summed E-state index contributed by atoms with van der Waals surface area (Å²) in [7, 11) is 0. The van der Waals surface area contributed by atoms with Crippen molar-refractivity contribution in [3.8, 4) is 5.75 Å². The second-order valence-corrected chi connectivity index (χ2v) is 7.24. The molecule has 3 fully saturated rings. The van der Waals surface area contributed by atoms with Crippen molar-refractivity contribution in [1.29, 1.82) is 0 Å². The van der Waals surface area contributed by atoms with Crippen LogP contribution in [0.4, 0.5) is 0 Å². The van der Waals surface area contributed by atoms with Gasteiger partial charge in [-0.25, -0.2) is 0 Å². The molecule has 0 unspecified atom stereocenters. The first kappa shape index (κ1) is 14.9. The van der Waals surface area contributed by atoms with Crippen LogP contribution in [0.1, 0.15) is 26.2 Å². The van der Waals surface area contributed by atoms with Crippen molar-refractivity contribution in [3.05, 3.63) is 24.5 Å². The smallest absolute Gasteiger partial charge is 0.226 e. The van der Waals surface area contributed by atoms with Gasteiger partial charge >= 0.3 is 0 Å². The lowest BCUT2D eigenvalue weighted by molar-refractivity contribution is -0.167. The predicted molar refractivity (Wildman–Crippen MR) is 85.0 cm³/mol. The SMILES string of the molecule is C[C@@H]1C[C@H]1C(=O)N1CC2(C1)OCC[C@@H]2CCOc1cccnc1. The Bertz CT molecular complexity index is 571. The van der Waals surface area contributed by atoms with Gasteiger partial charge in [-0.2, -0.15) is 0 Å². The maximum atomic E-state index is 12.3. The molecule has 1 spiro atoms. The second kappa shape index (κ2) is 5.78. The van der Waals surface area contributed by atoms with E-state index in [4.69, 9.17) is 9.47 Å². The van der Waals surface area contributed by atoms with Crippen molar-refractivity contribution in [2.45, 2.75) is 31.8 Å². The Balaban J connectivity index is 1.27. The first-order chi connectivity index (χ1) is 11.2. The zero-order chi connectivity index (χ0) is 15.9. The van der Waals surface area contributed by atoms with Crippen LogP contribution in [0.5, 0.6) is 5.75 Å². The molecule has 0 bridgehead atoms. The molecule has 5 heteroatoms. The van der Waals surface area contributed by atoms with Crippen molar-refractivity contribution >= 4 is 5.91 Å². The molecule has 0 aromatic carbocycles. The molecule has 1 amide bonds. The number of carbonyl (C=O) groups is 1. The van der Waals surface area contributed by atoms with Gasteiger partial charge in [0.15, 0.2) is 0 Å². The molecule has 1 aromatic rings. The van der Waals surface area contributed by atoms with Gasteiger partial charge in [0.2, 0.25) is 5.91 Å². The van der Waals surface area contributed by atoms with Gasteiger partial charge in [-0.05, 0) is 43.2 Å². The van der Waals surface area contributed by atoms with Crippen molar-refractivity contribution < 1.29 is 14.3 Å². The zero-order valence-corrected chi connectivity index (χ0v) is 13.6. The summed E-state index contributed by atoms with van der Waals surface area (Å²) >= 11 is 0. The fourth-order valence-electron chi connectivity index (χ4n) is 3.95. The normalized spacial score (nSPS) is 31.0. The van der Waals surface area contributed by atoms with E-state index in [9.17, 15) is 4.79 Å². The van der Waals surface area contributed by atoms with Crippen LogP contribution in [0, 0.1) is 17.8 Å². The number of amides is 1. The standard InChI is InChI=1S/C18H24N2O3/c1-13-9-16(13)17(21)20-11-18(12-20)14(5-8-23-18)4-7-22-15-3-2-6-19-10-15/h2-3,6,10,13-14,16H,4-5,7-9,11-12H2,1H3/t13-,14+,16-/m1/s1. The molecule has 1 aliphatic carbocycles. The molecule has 1 saturated carbocycles. The van der Waals surface area contributed by atoms with Crippen LogP contribution < -0.4 is 4.74 Å².